The molecule has 24 heavy (non-hydrogen) atoms. The molecule has 1 amide bonds. The van der Waals surface area contributed by atoms with E-state index in [1.807, 2.05) is 54.2 Å². The molecule has 2 aromatic rings. The van der Waals surface area contributed by atoms with Gasteiger partial charge >= 0.3 is 0 Å². The molecule has 0 aliphatic carbocycles. The second-order valence-electron chi connectivity index (χ2n) is 6.54. The number of aryl methyl sites for hydroxylation is 1. The molecule has 1 N–H and O–H groups in total. The molecule has 2 atom stereocenters. The van der Waals surface area contributed by atoms with Crippen molar-refractivity contribution in [3.8, 4) is 5.75 Å². The van der Waals surface area contributed by atoms with Crippen LogP contribution < -0.4 is 4.74 Å². The molecule has 128 valence electrons. The Balaban J connectivity index is 1.88. The molecule has 5 nitrogen and oxygen atoms in total. The van der Waals surface area contributed by atoms with Gasteiger partial charge in [-0.1, -0.05) is 12.1 Å². The Kier molecular flexibility index (Phi) is 4.37. The number of likely N-dealkylation sites (tertiary alicyclic amines) is 1. The highest BCUT2D eigenvalue weighted by atomic mass is 16.5. The van der Waals surface area contributed by atoms with Crippen molar-refractivity contribution < 1.29 is 14.6 Å². The Bertz CT molecular complexity index is 718. The highest BCUT2D eigenvalue weighted by molar-refractivity contribution is 5.93. The van der Waals surface area contributed by atoms with Crippen molar-refractivity contribution >= 4 is 5.91 Å². The van der Waals surface area contributed by atoms with Crippen molar-refractivity contribution in [2.45, 2.75) is 31.4 Å². The van der Waals surface area contributed by atoms with E-state index in [2.05, 4.69) is 0 Å². The normalized spacial score (nSPS) is 20.0. The molecule has 1 aliphatic heterocycles. The molecule has 1 aromatic heterocycles. The van der Waals surface area contributed by atoms with Gasteiger partial charge in [-0.3, -0.25) is 4.79 Å². The van der Waals surface area contributed by atoms with Crippen LogP contribution in [0.2, 0.25) is 0 Å². The average molecular weight is 328 g/mol. The quantitative estimate of drug-likeness (QED) is 0.938. The van der Waals surface area contributed by atoms with Gasteiger partial charge in [0.25, 0.3) is 5.91 Å². The topological polar surface area (TPSA) is 54.7 Å². The first-order valence-corrected chi connectivity index (χ1v) is 8.24. The standard InChI is InChI=1S/C19H24N2O3/c1-19(23,14-8-10-15(24-3)11-9-14)17-7-5-13-21(17)18(22)16-6-4-12-20(16)2/h4,6,8-12,17,23H,5,7,13H2,1-3H3/t17-,19+/m1/s1. The molecular weight excluding hydrogens is 304 g/mol. The lowest BCUT2D eigenvalue weighted by Gasteiger charge is -2.37. The van der Waals surface area contributed by atoms with Crippen molar-refractivity contribution in [2.24, 2.45) is 7.05 Å². The Morgan fingerprint density at radius 3 is 2.58 bits per heavy atom. The number of methoxy groups -OCH3 is 1. The fourth-order valence-electron chi connectivity index (χ4n) is 3.55. The van der Waals surface area contributed by atoms with Gasteiger partial charge in [0, 0.05) is 19.8 Å². The molecule has 3 rings (SSSR count). The number of ether oxygens (including phenoxy) is 1. The number of hydrogen-bond donors (Lipinski definition) is 1. The molecule has 0 bridgehead atoms. The molecule has 1 saturated heterocycles. The first kappa shape index (κ1) is 16.6. The summed E-state index contributed by atoms with van der Waals surface area (Å²) in [7, 11) is 3.48. The van der Waals surface area contributed by atoms with Gasteiger partial charge in [-0.05, 0) is 49.6 Å². The lowest BCUT2D eigenvalue weighted by molar-refractivity contribution is -0.0180. The van der Waals surface area contributed by atoms with Gasteiger partial charge in [0.2, 0.25) is 0 Å². The van der Waals surface area contributed by atoms with E-state index in [9.17, 15) is 9.90 Å². The van der Waals surface area contributed by atoms with Gasteiger partial charge < -0.3 is 19.3 Å². The Hall–Kier alpha value is -2.27. The van der Waals surface area contributed by atoms with Crippen LogP contribution in [-0.4, -0.2) is 40.2 Å². The summed E-state index contributed by atoms with van der Waals surface area (Å²) in [5.74, 6) is 0.719. The molecule has 5 heteroatoms. The van der Waals surface area contributed by atoms with Crippen molar-refractivity contribution in [1.82, 2.24) is 9.47 Å². The summed E-state index contributed by atoms with van der Waals surface area (Å²) in [4.78, 5) is 14.7. The van der Waals surface area contributed by atoms with Gasteiger partial charge in [0.1, 0.15) is 17.0 Å². The third kappa shape index (κ3) is 2.80. The van der Waals surface area contributed by atoms with Crippen LogP contribution in [0.15, 0.2) is 42.6 Å². The van der Waals surface area contributed by atoms with E-state index in [4.69, 9.17) is 4.74 Å². The minimum atomic E-state index is -1.11. The van der Waals surface area contributed by atoms with Crippen LogP contribution in [-0.2, 0) is 12.6 Å². The van der Waals surface area contributed by atoms with Crippen LogP contribution in [0.3, 0.4) is 0 Å². The Morgan fingerprint density at radius 1 is 1.29 bits per heavy atom. The summed E-state index contributed by atoms with van der Waals surface area (Å²) in [6, 6.07) is 10.8. The first-order chi connectivity index (χ1) is 11.4. The number of hydrogen-bond acceptors (Lipinski definition) is 3. The van der Waals surface area contributed by atoms with Gasteiger partial charge in [0.05, 0.1) is 13.2 Å². The van der Waals surface area contributed by atoms with Crippen LogP contribution in [0.25, 0.3) is 0 Å². The van der Waals surface area contributed by atoms with Crippen molar-refractivity contribution in [2.75, 3.05) is 13.7 Å². The molecule has 0 unspecified atom stereocenters. The van der Waals surface area contributed by atoms with Crippen LogP contribution in [0.1, 0.15) is 35.8 Å². The molecule has 0 saturated carbocycles. The second kappa shape index (κ2) is 6.32. The fraction of sp³-hybridized carbons (Fsp3) is 0.421. The third-order valence-electron chi connectivity index (χ3n) is 5.00. The number of rotatable bonds is 4. The highest BCUT2D eigenvalue weighted by Crippen LogP contribution is 2.36. The van der Waals surface area contributed by atoms with E-state index < -0.39 is 5.60 Å². The number of amides is 1. The molecular formula is C19H24N2O3. The van der Waals surface area contributed by atoms with Crippen LogP contribution in [0.5, 0.6) is 5.75 Å². The summed E-state index contributed by atoms with van der Waals surface area (Å²) >= 11 is 0. The minimum absolute atomic E-state index is 0.0289. The average Bonchev–Trinajstić information content (AvgIpc) is 3.23. The highest BCUT2D eigenvalue weighted by Gasteiger charge is 2.43. The van der Waals surface area contributed by atoms with E-state index in [1.54, 1.807) is 18.9 Å². The van der Waals surface area contributed by atoms with Crippen LogP contribution in [0.4, 0.5) is 0 Å². The zero-order chi connectivity index (χ0) is 17.3. The molecule has 1 fully saturated rings. The second-order valence-corrected chi connectivity index (χ2v) is 6.54. The van der Waals surface area contributed by atoms with Gasteiger partial charge in [0.15, 0.2) is 0 Å². The SMILES string of the molecule is COc1ccc([C@](C)(O)[C@H]2CCCN2C(=O)c2cccn2C)cc1. The number of carbonyl (C=O) groups is 1. The van der Waals surface area contributed by atoms with Gasteiger partial charge in [-0.25, -0.2) is 0 Å². The summed E-state index contributed by atoms with van der Waals surface area (Å²) in [6.45, 7) is 2.46. The zero-order valence-corrected chi connectivity index (χ0v) is 14.4. The summed E-state index contributed by atoms with van der Waals surface area (Å²) in [5, 5.41) is 11.2. The minimum Gasteiger partial charge on any atom is -0.497 e. The molecule has 2 heterocycles. The largest absolute Gasteiger partial charge is 0.497 e. The zero-order valence-electron chi connectivity index (χ0n) is 14.4. The summed E-state index contributed by atoms with van der Waals surface area (Å²) < 4.78 is 7.00. The van der Waals surface area contributed by atoms with Crippen LogP contribution in [0, 0.1) is 0 Å². The fourth-order valence-corrected chi connectivity index (χ4v) is 3.55. The van der Waals surface area contributed by atoms with E-state index in [0.717, 1.165) is 24.2 Å². The number of benzene rings is 1. The van der Waals surface area contributed by atoms with E-state index in [1.165, 1.54) is 0 Å². The molecule has 1 aliphatic rings. The third-order valence-corrected chi connectivity index (χ3v) is 5.00. The lowest BCUT2D eigenvalue weighted by Crippen LogP contribution is -2.48. The van der Waals surface area contributed by atoms with Gasteiger partial charge in [-0.2, -0.15) is 0 Å². The number of aromatic nitrogens is 1. The molecule has 0 radical (unpaired) electrons. The maximum absolute atomic E-state index is 12.9. The predicted octanol–water partition coefficient (Wildman–Crippen LogP) is 2.55. The first-order valence-electron chi connectivity index (χ1n) is 8.24. The number of nitrogens with zero attached hydrogens (tertiary/aromatic N) is 2. The maximum atomic E-state index is 12.9. The predicted molar refractivity (Wildman–Crippen MR) is 92.0 cm³/mol. The summed E-state index contributed by atoms with van der Waals surface area (Å²) in [6.07, 6.45) is 3.54. The van der Waals surface area contributed by atoms with Gasteiger partial charge in [-0.15, -0.1) is 0 Å². The maximum Gasteiger partial charge on any atom is 0.270 e. The van der Waals surface area contributed by atoms with Crippen molar-refractivity contribution in [3.05, 3.63) is 53.9 Å². The lowest BCUT2D eigenvalue weighted by atomic mass is 9.86. The van der Waals surface area contributed by atoms with E-state index in [0.29, 0.717) is 12.2 Å². The number of carbonyl (C=O) groups excluding carboxylic acids is 1. The van der Waals surface area contributed by atoms with E-state index >= 15 is 0 Å². The number of aliphatic hydroxyl groups is 1. The van der Waals surface area contributed by atoms with Crippen molar-refractivity contribution in [3.63, 3.8) is 0 Å². The molecule has 1 aromatic carbocycles. The van der Waals surface area contributed by atoms with Crippen LogP contribution >= 0.6 is 0 Å². The molecule has 0 spiro atoms. The Labute approximate surface area is 142 Å². The van der Waals surface area contributed by atoms with Crippen molar-refractivity contribution in [1.29, 1.82) is 0 Å². The smallest absolute Gasteiger partial charge is 0.270 e. The van der Waals surface area contributed by atoms with E-state index in [-0.39, 0.29) is 11.9 Å². The summed E-state index contributed by atoms with van der Waals surface area (Å²) in [5.41, 5.74) is 0.330. The Morgan fingerprint density at radius 2 is 2.00 bits per heavy atom. The monoisotopic (exact) mass is 328 g/mol.